The van der Waals surface area contributed by atoms with E-state index in [1.165, 1.54) is 26.2 Å². The van der Waals surface area contributed by atoms with Crippen molar-refractivity contribution >= 4 is 33.5 Å². The molecule has 0 fully saturated rings. The minimum Gasteiger partial charge on any atom is -0.493 e. The summed E-state index contributed by atoms with van der Waals surface area (Å²) in [4.78, 5) is 24.7. The summed E-state index contributed by atoms with van der Waals surface area (Å²) in [7, 11) is 1.47. The van der Waals surface area contributed by atoms with Crippen LogP contribution in [0.25, 0.3) is 0 Å². The lowest BCUT2D eigenvalue weighted by molar-refractivity contribution is -0.123. The fraction of sp³-hybridized carbons (Fsp3) is 0.263. The van der Waals surface area contributed by atoms with Crippen LogP contribution in [-0.2, 0) is 9.53 Å². The fourth-order valence-corrected chi connectivity index (χ4v) is 2.71. The van der Waals surface area contributed by atoms with Gasteiger partial charge in [0.1, 0.15) is 13.2 Å². The number of hydrogen-bond donors (Lipinski definition) is 1. The quantitative estimate of drug-likeness (QED) is 0.724. The number of fused-ring (bicyclic) bond motifs is 1. The van der Waals surface area contributed by atoms with E-state index < -0.39 is 18.0 Å². The average Bonchev–Trinajstić information content (AvgIpc) is 2.68. The molecule has 0 radical (unpaired) electrons. The van der Waals surface area contributed by atoms with Crippen LogP contribution in [0.2, 0.25) is 0 Å². The largest absolute Gasteiger partial charge is 0.493 e. The minimum absolute atomic E-state index is 0.208. The lowest BCUT2D eigenvalue weighted by atomic mass is 10.1. The Morgan fingerprint density at radius 2 is 1.85 bits per heavy atom. The molecule has 1 amide bonds. The number of anilines is 1. The molecule has 1 unspecified atom stereocenters. The van der Waals surface area contributed by atoms with Crippen molar-refractivity contribution < 1.29 is 28.5 Å². The lowest BCUT2D eigenvalue weighted by Gasteiger charge is -2.21. The van der Waals surface area contributed by atoms with Crippen molar-refractivity contribution in [2.24, 2.45) is 0 Å². The molecule has 1 aliphatic heterocycles. The molecule has 0 bridgehead atoms. The van der Waals surface area contributed by atoms with E-state index >= 15 is 0 Å². The molecule has 2 aromatic carbocycles. The number of carbonyl (C=O) groups is 2. The van der Waals surface area contributed by atoms with Gasteiger partial charge in [0.05, 0.1) is 12.7 Å². The summed E-state index contributed by atoms with van der Waals surface area (Å²) < 4.78 is 22.4. The summed E-state index contributed by atoms with van der Waals surface area (Å²) in [5.41, 5.74) is 0.812. The Bertz CT molecular complexity index is 835. The maximum atomic E-state index is 12.5. The molecule has 1 N–H and O–H groups in total. The van der Waals surface area contributed by atoms with E-state index in [0.717, 1.165) is 4.47 Å². The maximum absolute atomic E-state index is 12.5. The summed E-state index contributed by atoms with van der Waals surface area (Å²) >= 11 is 3.33. The van der Waals surface area contributed by atoms with Gasteiger partial charge in [0.2, 0.25) is 5.75 Å². The summed E-state index contributed by atoms with van der Waals surface area (Å²) in [6.45, 7) is 2.28. The SMILES string of the molecule is COc1cc(C(=O)OC(C)C(=O)Nc2ccc(Br)cc2)cc2c1OCCO2. The van der Waals surface area contributed by atoms with Crippen LogP contribution in [0.4, 0.5) is 5.69 Å². The molecule has 7 nitrogen and oxygen atoms in total. The Morgan fingerprint density at radius 1 is 1.15 bits per heavy atom. The molecule has 0 aromatic heterocycles. The summed E-state index contributed by atoms with van der Waals surface area (Å²) in [6, 6.07) is 10.1. The summed E-state index contributed by atoms with van der Waals surface area (Å²) in [5.74, 6) is 0.117. The highest BCUT2D eigenvalue weighted by Gasteiger charge is 2.24. The third-order valence-corrected chi connectivity index (χ3v) is 4.36. The Hall–Kier alpha value is -2.74. The first-order valence-corrected chi connectivity index (χ1v) is 9.02. The van der Waals surface area contributed by atoms with Gasteiger partial charge in [-0.05, 0) is 43.3 Å². The number of carbonyl (C=O) groups excluding carboxylic acids is 2. The number of ether oxygens (including phenoxy) is 4. The first kappa shape index (κ1) is 19.0. The van der Waals surface area contributed by atoms with Crippen molar-refractivity contribution in [3.05, 3.63) is 46.4 Å². The molecule has 0 saturated heterocycles. The third-order valence-electron chi connectivity index (χ3n) is 3.83. The Morgan fingerprint density at radius 3 is 2.56 bits per heavy atom. The predicted molar refractivity (Wildman–Crippen MR) is 102 cm³/mol. The van der Waals surface area contributed by atoms with E-state index in [-0.39, 0.29) is 5.56 Å². The monoisotopic (exact) mass is 435 g/mol. The maximum Gasteiger partial charge on any atom is 0.339 e. The van der Waals surface area contributed by atoms with Gasteiger partial charge < -0.3 is 24.3 Å². The molecule has 1 aliphatic rings. The van der Waals surface area contributed by atoms with Crippen LogP contribution < -0.4 is 19.5 Å². The van der Waals surface area contributed by atoms with Crippen LogP contribution in [0.3, 0.4) is 0 Å². The second-order valence-corrected chi connectivity index (χ2v) is 6.66. The smallest absolute Gasteiger partial charge is 0.339 e. The van der Waals surface area contributed by atoms with Gasteiger partial charge >= 0.3 is 5.97 Å². The standard InChI is InChI=1S/C19H18BrNO6/c1-11(18(22)21-14-5-3-13(20)4-6-14)27-19(23)12-9-15(24-2)17-16(10-12)25-7-8-26-17/h3-6,9-11H,7-8H2,1-2H3,(H,21,22). The zero-order valence-corrected chi connectivity index (χ0v) is 16.4. The van der Waals surface area contributed by atoms with Crippen LogP contribution in [0.1, 0.15) is 17.3 Å². The molecule has 0 aliphatic carbocycles. The number of benzene rings is 2. The molecular formula is C19H18BrNO6. The zero-order chi connectivity index (χ0) is 19.4. The molecule has 1 atom stereocenters. The minimum atomic E-state index is -0.986. The first-order chi connectivity index (χ1) is 13.0. The van der Waals surface area contributed by atoms with Gasteiger partial charge in [-0.2, -0.15) is 0 Å². The molecule has 0 spiro atoms. The van der Waals surface area contributed by atoms with Crippen molar-refractivity contribution in [2.45, 2.75) is 13.0 Å². The van der Waals surface area contributed by atoms with Crippen molar-refractivity contribution in [2.75, 3.05) is 25.6 Å². The number of amides is 1. The van der Waals surface area contributed by atoms with Gasteiger partial charge in [0, 0.05) is 10.2 Å². The predicted octanol–water partition coefficient (Wildman–Crippen LogP) is 3.41. The number of halogens is 1. The lowest BCUT2D eigenvalue weighted by Crippen LogP contribution is -2.30. The average molecular weight is 436 g/mol. The highest BCUT2D eigenvalue weighted by atomic mass is 79.9. The van der Waals surface area contributed by atoms with Gasteiger partial charge in [0.15, 0.2) is 17.6 Å². The van der Waals surface area contributed by atoms with Crippen LogP contribution in [-0.4, -0.2) is 38.3 Å². The van der Waals surface area contributed by atoms with Crippen LogP contribution >= 0.6 is 15.9 Å². The van der Waals surface area contributed by atoms with Crippen LogP contribution in [0.15, 0.2) is 40.9 Å². The molecule has 8 heteroatoms. The molecule has 0 saturated carbocycles. The fourth-order valence-electron chi connectivity index (χ4n) is 2.45. The van der Waals surface area contributed by atoms with Crippen molar-refractivity contribution in [3.63, 3.8) is 0 Å². The van der Waals surface area contributed by atoms with Crippen molar-refractivity contribution in [3.8, 4) is 17.2 Å². The van der Waals surface area contributed by atoms with Gasteiger partial charge in [0.25, 0.3) is 5.91 Å². The Balaban J connectivity index is 1.69. The Kier molecular flexibility index (Phi) is 5.85. The van der Waals surface area contributed by atoms with E-state index in [0.29, 0.717) is 36.1 Å². The molecule has 3 rings (SSSR count). The van der Waals surface area contributed by atoms with Gasteiger partial charge in [-0.15, -0.1) is 0 Å². The number of methoxy groups -OCH3 is 1. The number of nitrogens with one attached hydrogen (secondary N) is 1. The highest BCUT2D eigenvalue weighted by molar-refractivity contribution is 9.10. The van der Waals surface area contributed by atoms with Crippen molar-refractivity contribution in [1.29, 1.82) is 0 Å². The summed E-state index contributed by atoms with van der Waals surface area (Å²) in [6.07, 6.45) is -0.986. The van der Waals surface area contributed by atoms with Gasteiger partial charge in [-0.1, -0.05) is 15.9 Å². The van der Waals surface area contributed by atoms with E-state index in [2.05, 4.69) is 21.2 Å². The second-order valence-electron chi connectivity index (χ2n) is 5.75. The molecular weight excluding hydrogens is 418 g/mol. The van der Waals surface area contributed by atoms with E-state index in [1.54, 1.807) is 24.3 Å². The van der Waals surface area contributed by atoms with E-state index in [9.17, 15) is 9.59 Å². The third kappa shape index (κ3) is 4.51. The Labute approximate surface area is 164 Å². The van der Waals surface area contributed by atoms with E-state index in [1.807, 2.05) is 0 Å². The highest BCUT2D eigenvalue weighted by Crippen LogP contribution is 2.40. The van der Waals surface area contributed by atoms with Crippen LogP contribution in [0.5, 0.6) is 17.2 Å². The molecule has 1 heterocycles. The summed E-state index contributed by atoms with van der Waals surface area (Å²) in [5, 5.41) is 2.69. The van der Waals surface area contributed by atoms with E-state index in [4.69, 9.17) is 18.9 Å². The van der Waals surface area contributed by atoms with Crippen LogP contribution in [0, 0.1) is 0 Å². The molecule has 142 valence electrons. The topological polar surface area (TPSA) is 83.1 Å². The molecule has 2 aromatic rings. The second kappa shape index (κ2) is 8.30. The van der Waals surface area contributed by atoms with Gasteiger partial charge in [-0.3, -0.25) is 4.79 Å². The number of esters is 1. The van der Waals surface area contributed by atoms with Gasteiger partial charge in [-0.25, -0.2) is 4.79 Å². The first-order valence-electron chi connectivity index (χ1n) is 8.23. The van der Waals surface area contributed by atoms with Crippen molar-refractivity contribution in [1.82, 2.24) is 0 Å². The normalized spacial score (nSPS) is 13.4. The number of rotatable bonds is 5. The number of hydrogen-bond acceptors (Lipinski definition) is 6. The molecule has 27 heavy (non-hydrogen) atoms. The zero-order valence-electron chi connectivity index (χ0n) is 14.8.